The molecular weight excluding hydrogens is 242 g/mol. The van der Waals surface area contributed by atoms with Crippen molar-refractivity contribution >= 4 is 11.7 Å². The number of hydrogen-bond acceptors (Lipinski definition) is 5. The van der Waals surface area contributed by atoms with Crippen molar-refractivity contribution in [2.75, 3.05) is 12.4 Å². The van der Waals surface area contributed by atoms with E-state index in [0.29, 0.717) is 23.7 Å². The molecule has 19 heavy (non-hydrogen) atoms. The molecule has 104 valence electrons. The van der Waals surface area contributed by atoms with E-state index in [1.165, 1.54) is 6.92 Å². The van der Waals surface area contributed by atoms with Crippen LogP contribution in [-0.4, -0.2) is 35.0 Å². The molecule has 0 bridgehead atoms. The summed E-state index contributed by atoms with van der Waals surface area (Å²) >= 11 is 0. The minimum atomic E-state index is 0.00431. The van der Waals surface area contributed by atoms with E-state index in [4.69, 9.17) is 4.74 Å². The Bertz CT molecular complexity index is 454. The number of aromatic nitrogens is 2. The van der Waals surface area contributed by atoms with E-state index in [9.17, 15) is 4.79 Å². The zero-order valence-corrected chi connectivity index (χ0v) is 11.8. The van der Waals surface area contributed by atoms with Crippen LogP contribution in [0.15, 0.2) is 6.20 Å². The highest BCUT2D eigenvalue weighted by molar-refractivity contribution is 5.94. The van der Waals surface area contributed by atoms with Crippen LogP contribution in [0, 0.1) is 6.92 Å². The van der Waals surface area contributed by atoms with Crippen molar-refractivity contribution in [3.05, 3.63) is 17.5 Å². The number of nitrogens with zero attached hydrogens (tertiary/aromatic N) is 2. The van der Waals surface area contributed by atoms with Crippen LogP contribution >= 0.6 is 0 Å². The highest BCUT2D eigenvalue weighted by Crippen LogP contribution is 2.22. The molecule has 1 aromatic heterocycles. The van der Waals surface area contributed by atoms with Gasteiger partial charge in [0.2, 0.25) is 5.95 Å². The Hall–Kier alpha value is -1.49. The Morgan fingerprint density at radius 3 is 2.58 bits per heavy atom. The molecule has 5 heteroatoms. The number of aryl methyl sites for hydroxylation is 1. The monoisotopic (exact) mass is 263 g/mol. The third-order valence-electron chi connectivity index (χ3n) is 3.70. The van der Waals surface area contributed by atoms with Gasteiger partial charge in [0.25, 0.3) is 0 Å². The van der Waals surface area contributed by atoms with Gasteiger partial charge in [0.1, 0.15) is 0 Å². The predicted octanol–water partition coefficient (Wildman–Crippen LogP) is 2.36. The minimum Gasteiger partial charge on any atom is -0.381 e. The molecule has 0 aromatic carbocycles. The van der Waals surface area contributed by atoms with Gasteiger partial charge >= 0.3 is 0 Å². The molecule has 1 N–H and O–H groups in total. The van der Waals surface area contributed by atoms with Crippen LogP contribution in [0.3, 0.4) is 0 Å². The summed E-state index contributed by atoms with van der Waals surface area (Å²) in [7, 11) is 1.77. The molecule has 2 rings (SSSR count). The summed E-state index contributed by atoms with van der Waals surface area (Å²) in [6.45, 7) is 3.37. The lowest BCUT2D eigenvalue weighted by Gasteiger charge is -2.28. The first-order valence-electron chi connectivity index (χ1n) is 6.74. The van der Waals surface area contributed by atoms with Crippen LogP contribution in [0.1, 0.15) is 48.7 Å². The van der Waals surface area contributed by atoms with Crippen molar-refractivity contribution in [2.45, 2.75) is 51.7 Å². The summed E-state index contributed by atoms with van der Waals surface area (Å²) in [6, 6.07) is 0.397. The summed E-state index contributed by atoms with van der Waals surface area (Å²) in [5.41, 5.74) is 1.32. The standard InChI is InChI=1S/C14H21N3O2/c1-9-13(10(2)18)8-15-14(16-9)17-11-4-6-12(19-3)7-5-11/h8,11-12H,4-7H2,1-3H3,(H,15,16,17)/t11-,12-. The Morgan fingerprint density at radius 1 is 1.37 bits per heavy atom. The molecule has 1 heterocycles. The summed E-state index contributed by atoms with van der Waals surface area (Å²) < 4.78 is 5.35. The maximum Gasteiger partial charge on any atom is 0.223 e. The zero-order valence-electron chi connectivity index (χ0n) is 11.8. The molecule has 1 aliphatic rings. The van der Waals surface area contributed by atoms with Gasteiger partial charge < -0.3 is 10.1 Å². The SMILES string of the molecule is CO[C@H]1CC[C@H](Nc2ncc(C(C)=O)c(C)n2)CC1. The average Bonchev–Trinajstić information content (AvgIpc) is 2.39. The highest BCUT2D eigenvalue weighted by atomic mass is 16.5. The lowest BCUT2D eigenvalue weighted by Crippen LogP contribution is -2.30. The van der Waals surface area contributed by atoms with Gasteiger partial charge in [-0.05, 0) is 39.5 Å². The van der Waals surface area contributed by atoms with Gasteiger partial charge in [-0.25, -0.2) is 9.97 Å². The van der Waals surface area contributed by atoms with Crippen molar-refractivity contribution in [1.82, 2.24) is 9.97 Å². The summed E-state index contributed by atoms with van der Waals surface area (Å²) in [4.78, 5) is 19.9. The molecule has 1 fully saturated rings. The second kappa shape index (κ2) is 6.10. The Balaban J connectivity index is 1.97. The third-order valence-corrected chi connectivity index (χ3v) is 3.70. The molecule has 1 aromatic rings. The van der Waals surface area contributed by atoms with E-state index in [0.717, 1.165) is 31.4 Å². The maximum atomic E-state index is 11.3. The number of carbonyl (C=O) groups is 1. The largest absolute Gasteiger partial charge is 0.381 e. The molecule has 0 radical (unpaired) electrons. The fourth-order valence-corrected chi connectivity index (χ4v) is 2.51. The van der Waals surface area contributed by atoms with Gasteiger partial charge in [0, 0.05) is 19.3 Å². The molecular formula is C14H21N3O2. The first-order valence-corrected chi connectivity index (χ1v) is 6.74. The van der Waals surface area contributed by atoms with Gasteiger partial charge in [0.15, 0.2) is 5.78 Å². The Morgan fingerprint density at radius 2 is 2.05 bits per heavy atom. The molecule has 0 amide bonds. The summed E-state index contributed by atoms with van der Waals surface area (Å²) in [5, 5.41) is 3.34. The molecule has 0 atom stereocenters. The molecule has 1 aliphatic carbocycles. The van der Waals surface area contributed by atoms with Crippen molar-refractivity contribution in [1.29, 1.82) is 0 Å². The van der Waals surface area contributed by atoms with E-state index in [1.54, 1.807) is 13.3 Å². The zero-order chi connectivity index (χ0) is 13.8. The smallest absolute Gasteiger partial charge is 0.223 e. The van der Waals surface area contributed by atoms with E-state index in [2.05, 4.69) is 15.3 Å². The number of anilines is 1. The van der Waals surface area contributed by atoms with E-state index in [-0.39, 0.29) is 5.78 Å². The second-order valence-corrected chi connectivity index (χ2v) is 5.10. The predicted molar refractivity (Wildman–Crippen MR) is 73.4 cm³/mol. The fraction of sp³-hybridized carbons (Fsp3) is 0.643. The van der Waals surface area contributed by atoms with E-state index < -0.39 is 0 Å². The van der Waals surface area contributed by atoms with Gasteiger partial charge in [-0.3, -0.25) is 4.79 Å². The van der Waals surface area contributed by atoms with E-state index >= 15 is 0 Å². The van der Waals surface area contributed by atoms with Crippen LogP contribution < -0.4 is 5.32 Å². The topological polar surface area (TPSA) is 64.1 Å². The molecule has 0 spiro atoms. The van der Waals surface area contributed by atoms with Crippen molar-refractivity contribution in [3.8, 4) is 0 Å². The van der Waals surface area contributed by atoms with Gasteiger partial charge in [0.05, 0.1) is 17.4 Å². The number of rotatable bonds is 4. The molecule has 0 aliphatic heterocycles. The minimum absolute atomic E-state index is 0.00431. The lowest BCUT2D eigenvalue weighted by molar-refractivity contribution is 0.0681. The number of ketones is 1. The Labute approximate surface area is 113 Å². The van der Waals surface area contributed by atoms with Crippen LogP contribution in [0.25, 0.3) is 0 Å². The van der Waals surface area contributed by atoms with Crippen molar-refractivity contribution in [3.63, 3.8) is 0 Å². The molecule has 5 nitrogen and oxygen atoms in total. The van der Waals surface area contributed by atoms with Crippen molar-refractivity contribution in [2.24, 2.45) is 0 Å². The van der Waals surface area contributed by atoms with Crippen LogP contribution in [-0.2, 0) is 4.74 Å². The number of carbonyl (C=O) groups excluding carboxylic acids is 1. The molecule has 1 saturated carbocycles. The average molecular weight is 263 g/mol. The number of Topliss-reactive ketones (excluding diaryl/α,β-unsaturated/α-hetero) is 1. The normalized spacial score (nSPS) is 23.1. The van der Waals surface area contributed by atoms with Crippen molar-refractivity contribution < 1.29 is 9.53 Å². The fourth-order valence-electron chi connectivity index (χ4n) is 2.51. The number of hydrogen-bond donors (Lipinski definition) is 1. The van der Waals surface area contributed by atoms with Gasteiger partial charge in [-0.2, -0.15) is 0 Å². The van der Waals surface area contributed by atoms with E-state index in [1.807, 2.05) is 6.92 Å². The van der Waals surface area contributed by atoms with Crippen LogP contribution in [0.5, 0.6) is 0 Å². The highest BCUT2D eigenvalue weighted by Gasteiger charge is 2.21. The number of ether oxygens (including phenoxy) is 1. The van der Waals surface area contributed by atoms with Crippen LogP contribution in [0.2, 0.25) is 0 Å². The molecule has 0 unspecified atom stereocenters. The summed E-state index contributed by atoms with van der Waals surface area (Å²) in [5.74, 6) is 0.619. The number of nitrogens with one attached hydrogen (secondary N) is 1. The first kappa shape index (κ1) is 13.9. The van der Waals surface area contributed by atoms with Gasteiger partial charge in [-0.1, -0.05) is 0 Å². The third kappa shape index (κ3) is 3.50. The van der Waals surface area contributed by atoms with Gasteiger partial charge in [-0.15, -0.1) is 0 Å². The lowest BCUT2D eigenvalue weighted by atomic mass is 9.93. The summed E-state index contributed by atoms with van der Waals surface area (Å²) in [6.07, 6.45) is 6.26. The number of methoxy groups -OCH3 is 1. The first-order chi connectivity index (χ1) is 9.10. The Kier molecular flexibility index (Phi) is 4.47. The maximum absolute atomic E-state index is 11.3. The quantitative estimate of drug-likeness (QED) is 0.845. The second-order valence-electron chi connectivity index (χ2n) is 5.10. The van der Waals surface area contributed by atoms with Crippen LogP contribution in [0.4, 0.5) is 5.95 Å². The molecule has 0 saturated heterocycles.